The Kier molecular flexibility index (Phi) is 4.63. The zero-order valence-electron chi connectivity index (χ0n) is 12.5. The number of pyridine rings is 1. The zero-order valence-corrected chi connectivity index (χ0v) is 12.5. The standard InChI is InChI=1S/C17H17N5O/c23-17(19-12-16-4-1-2-9-18-16)21-15-7-5-14(6-8-15)13-22-11-3-10-20-22/h1-11H,12-13H2,(H2,19,21,23). The third-order valence-corrected chi connectivity index (χ3v) is 3.27. The van der Waals surface area contributed by atoms with Crippen LogP contribution in [-0.2, 0) is 13.1 Å². The Morgan fingerprint density at radius 2 is 1.91 bits per heavy atom. The third-order valence-electron chi connectivity index (χ3n) is 3.27. The summed E-state index contributed by atoms with van der Waals surface area (Å²) in [6.07, 6.45) is 5.37. The molecule has 3 aromatic rings. The molecular formula is C17H17N5O. The van der Waals surface area contributed by atoms with Crippen LogP contribution in [0.5, 0.6) is 0 Å². The molecule has 0 atom stereocenters. The zero-order chi connectivity index (χ0) is 15.9. The molecule has 0 spiro atoms. The van der Waals surface area contributed by atoms with E-state index in [1.54, 1.807) is 12.4 Å². The van der Waals surface area contributed by atoms with Gasteiger partial charge < -0.3 is 10.6 Å². The first kappa shape index (κ1) is 14.8. The minimum Gasteiger partial charge on any atom is -0.332 e. The van der Waals surface area contributed by atoms with Crippen LogP contribution in [0.3, 0.4) is 0 Å². The van der Waals surface area contributed by atoms with E-state index in [0.29, 0.717) is 13.1 Å². The summed E-state index contributed by atoms with van der Waals surface area (Å²) in [5, 5.41) is 9.74. The molecule has 0 bridgehead atoms. The van der Waals surface area contributed by atoms with Gasteiger partial charge in [0, 0.05) is 24.3 Å². The molecule has 2 heterocycles. The van der Waals surface area contributed by atoms with Crippen molar-refractivity contribution >= 4 is 11.7 Å². The highest BCUT2D eigenvalue weighted by atomic mass is 16.2. The van der Waals surface area contributed by atoms with Crippen molar-refractivity contribution in [3.05, 3.63) is 78.4 Å². The second-order valence-corrected chi connectivity index (χ2v) is 5.03. The molecule has 3 rings (SSSR count). The van der Waals surface area contributed by atoms with Crippen molar-refractivity contribution in [2.45, 2.75) is 13.1 Å². The Labute approximate surface area is 134 Å². The summed E-state index contributed by atoms with van der Waals surface area (Å²) in [5.74, 6) is 0. The topological polar surface area (TPSA) is 71.8 Å². The molecule has 23 heavy (non-hydrogen) atoms. The smallest absolute Gasteiger partial charge is 0.319 e. The monoisotopic (exact) mass is 307 g/mol. The molecule has 116 valence electrons. The Balaban J connectivity index is 1.50. The maximum atomic E-state index is 11.9. The lowest BCUT2D eigenvalue weighted by Gasteiger charge is -2.08. The number of hydrogen-bond donors (Lipinski definition) is 2. The number of rotatable bonds is 5. The second-order valence-electron chi connectivity index (χ2n) is 5.03. The summed E-state index contributed by atoms with van der Waals surface area (Å²) >= 11 is 0. The van der Waals surface area contributed by atoms with E-state index in [0.717, 1.165) is 16.9 Å². The van der Waals surface area contributed by atoms with Crippen LogP contribution in [0.2, 0.25) is 0 Å². The molecule has 2 aromatic heterocycles. The normalized spacial score (nSPS) is 10.3. The van der Waals surface area contributed by atoms with Gasteiger partial charge in [-0.1, -0.05) is 18.2 Å². The quantitative estimate of drug-likeness (QED) is 0.761. The molecule has 0 aliphatic heterocycles. The number of benzene rings is 1. The summed E-state index contributed by atoms with van der Waals surface area (Å²) < 4.78 is 1.85. The molecule has 6 nitrogen and oxygen atoms in total. The van der Waals surface area contributed by atoms with E-state index in [-0.39, 0.29) is 6.03 Å². The number of hydrogen-bond acceptors (Lipinski definition) is 3. The Bertz CT molecular complexity index is 738. The van der Waals surface area contributed by atoms with Gasteiger partial charge in [-0.15, -0.1) is 0 Å². The van der Waals surface area contributed by atoms with Gasteiger partial charge in [0.15, 0.2) is 0 Å². The van der Waals surface area contributed by atoms with Gasteiger partial charge in [0.05, 0.1) is 18.8 Å². The van der Waals surface area contributed by atoms with E-state index >= 15 is 0 Å². The number of amides is 2. The van der Waals surface area contributed by atoms with Gasteiger partial charge in [0.1, 0.15) is 0 Å². The molecule has 1 aromatic carbocycles. The van der Waals surface area contributed by atoms with Crippen LogP contribution in [0.25, 0.3) is 0 Å². The van der Waals surface area contributed by atoms with Crippen LogP contribution < -0.4 is 10.6 Å². The maximum absolute atomic E-state index is 11.9. The van der Waals surface area contributed by atoms with E-state index < -0.39 is 0 Å². The third kappa shape index (κ3) is 4.41. The largest absolute Gasteiger partial charge is 0.332 e. The summed E-state index contributed by atoms with van der Waals surface area (Å²) in [6.45, 7) is 1.10. The van der Waals surface area contributed by atoms with Crippen LogP contribution in [-0.4, -0.2) is 20.8 Å². The first-order valence-corrected chi connectivity index (χ1v) is 7.31. The van der Waals surface area contributed by atoms with Crippen molar-refractivity contribution in [2.75, 3.05) is 5.32 Å². The molecule has 2 amide bonds. The average molecular weight is 307 g/mol. The van der Waals surface area contributed by atoms with E-state index in [9.17, 15) is 4.79 Å². The molecule has 0 fully saturated rings. The molecule has 6 heteroatoms. The Morgan fingerprint density at radius 1 is 1.04 bits per heavy atom. The lowest BCUT2D eigenvalue weighted by Crippen LogP contribution is -2.28. The number of carbonyl (C=O) groups is 1. The van der Waals surface area contributed by atoms with Crippen molar-refractivity contribution in [3.8, 4) is 0 Å². The van der Waals surface area contributed by atoms with Crippen LogP contribution in [0.4, 0.5) is 10.5 Å². The fourth-order valence-corrected chi connectivity index (χ4v) is 2.12. The molecular weight excluding hydrogens is 290 g/mol. The molecule has 2 N–H and O–H groups in total. The molecule has 0 unspecified atom stereocenters. The fraction of sp³-hybridized carbons (Fsp3) is 0.118. The van der Waals surface area contributed by atoms with Crippen molar-refractivity contribution < 1.29 is 4.79 Å². The Hall–Kier alpha value is -3.15. The summed E-state index contributed by atoms with van der Waals surface area (Å²) in [7, 11) is 0. The Morgan fingerprint density at radius 3 is 2.61 bits per heavy atom. The van der Waals surface area contributed by atoms with E-state index in [1.165, 1.54) is 0 Å². The second kappa shape index (κ2) is 7.22. The molecule has 0 saturated carbocycles. The minimum absolute atomic E-state index is 0.254. The first-order valence-electron chi connectivity index (χ1n) is 7.31. The molecule has 0 radical (unpaired) electrons. The predicted octanol–water partition coefficient (Wildman–Crippen LogP) is 2.65. The van der Waals surface area contributed by atoms with Gasteiger partial charge in [-0.05, 0) is 35.9 Å². The number of urea groups is 1. The number of aromatic nitrogens is 3. The SMILES string of the molecule is O=C(NCc1ccccn1)Nc1ccc(Cn2cccn2)cc1. The molecule has 0 aliphatic carbocycles. The van der Waals surface area contributed by atoms with Crippen LogP contribution in [0.15, 0.2) is 67.1 Å². The van der Waals surface area contributed by atoms with E-state index in [4.69, 9.17) is 0 Å². The summed E-state index contributed by atoms with van der Waals surface area (Å²) in [5.41, 5.74) is 2.68. The van der Waals surface area contributed by atoms with Gasteiger partial charge in [-0.2, -0.15) is 5.10 Å². The highest BCUT2D eigenvalue weighted by Crippen LogP contribution is 2.10. The summed E-state index contributed by atoms with van der Waals surface area (Å²) in [4.78, 5) is 16.0. The number of nitrogens with one attached hydrogen (secondary N) is 2. The van der Waals surface area contributed by atoms with Crippen LogP contribution in [0.1, 0.15) is 11.3 Å². The predicted molar refractivity (Wildman–Crippen MR) is 87.9 cm³/mol. The highest BCUT2D eigenvalue weighted by molar-refractivity contribution is 5.89. The number of carbonyl (C=O) groups excluding carboxylic acids is 1. The maximum Gasteiger partial charge on any atom is 0.319 e. The van der Waals surface area contributed by atoms with E-state index in [2.05, 4.69) is 20.7 Å². The fourth-order valence-electron chi connectivity index (χ4n) is 2.12. The summed E-state index contributed by atoms with van der Waals surface area (Å²) in [6, 6.07) is 14.9. The van der Waals surface area contributed by atoms with Gasteiger partial charge in [0.25, 0.3) is 0 Å². The first-order chi connectivity index (χ1) is 11.3. The van der Waals surface area contributed by atoms with Crippen molar-refractivity contribution in [2.24, 2.45) is 0 Å². The lowest BCUT2D eigenvalue weighted by atomic mass is 10.2. The van der Waals surface area contributed by atoms with Crippen molar-refractivity contribution in [1.29, 1.82) is 0 Å². The minimum atomic E-state index is -0.254. The van der Waals surface area contributed by atoms with Gasteiger partial charge in [0.2, 0.25) is 0 Å². The number of anilines is 1. The molecule has 0 aliphatic rings. The van der Waals surface area contributed by atoms with E-state index in [1.807, 2.05) is 59.4 Å². The highest BCUT2D eigenvalue weighted by Gasteiger charge is 2.02. The van der Waals surface area contributed by atoms with Crippen LogP contribution in [0, 0.1) is 0 Å². The van der Waals surface area contributed by atoms with Crippen LogP contribution >= 0.6 is 0 Å². The van der Waals surface area contributed by atoms with Crippen molar-refractivity contribution in [3.63, 3.8) is 0 Å². The van der Waals surface area contributed by atoms with Gasteiger partial charge in [-0.25, -0.2) is 4.79 Å². The average Bonchev–Trinajstić information content (AvgIpc) is 3.09. The lowest BCUT2D eigenvalue weighted by molar-refractivity contribution is 0.251. The molecule has 0 saturated heterocycles. The van der Waals surface area contributed by atoms with Gasteiger partial charge in [-0.3, -0.25) is 9.67 Å². The van der Waals surface area contributed by atoms with Gasteiger partial charge >= 0.3 is 6.03 Å². The van der Waals surface area contributed by atoms with Crippen molar-refractivity contribution in [1.82, 2.24) is 20.1 Å². The number of nitrogens with zero attached hydrogens (tertiary/aromatic N) is 3.